The quantitative estimate of drug-likeness (QED) is 0.394. The number of Topliss-reactive ketones (excluding diaryl/α,β-unsaturated/α-hetero) is 1. The second-order valence-electron chi connectivity index (χ2n) is 9.18. The molecule has 1 fully saturated rings. The van der Waals surface area contributed by atoms with Crippen molar-refractivity contribution in [1.82, 2.24) is 14.9 Å². The fourth-order valence-electron chi connectivity index (χ4n) is 5.00. The summed E-state index contributed by atoms with van der Waals surface area (Å²) in [6.07, 6.45) is 5.73. The summed E-state index contributed by atoms with van der Waals surface area (Å²) in [7, 11) is 2.08. The zero-order valence-corrected chi connectivity index (χ0v) is 21.7. The molecular weight excluding hydrogens is 484 g/mol. The van der Waals surface area contributed by atoms with Gasteiger partial charge >= 0.3 is 0 Å². The van der Waals surface area contributed by atoms with Crippen LogP contribution < -0.4 is 16.2 Å². The molecule has 10 heteroatoms. The van der Waals surface area contributed by atoms with Crippen molar-refractivity contribution in [3.05, 3.63) is 38.6 Å². The number of nitrogens with zero attached hydrogens (tertiary/aromatic N) is 4. The topological polar surface area (TPSA) is 131 Å². The predicted molar refractivity (Wildman–Crippen MR) is 138 cm³/mol. The highest BCUT2D eigenvalue weighted by Crippen LogP contribution is 2.44. The average Bonchev–Trinajstić information content (AvgIpc) is 3.40. The van der Waals surface area contributed by atoms with Crippen LogP contribution in [0.3, 0.4) is 0 Å². The van der Waals surface area contributed by atoms with E-state index >= 15 is 0 Å². The van der Waals surface area contributed by atoms with Gasteiger partial charge in [0, 0.05) is 28.5 Å². The van der Waals surface area contributed by atoms with Gasteiger partial charge < -0.3 is 21.1 Å². The van der Waals surface area contributed by atoms with Crippen molar-refractivity contribution in [3.8, 4) is 11.9 Å². The number of thiophene rings is 1. The number of nitriles is 1. The summed E-state index contributed by atoms with van der Waals surface area (Å²) in [4.78, 5) is 25.9. The molecule has 8 nitrogen and oxygen atoms in total. The zero-order valence-electron chi connectivity index (χ0n) is 20.1. The van der Waals surface area contributed by atoms with E-state index < -0.39 is 5.92 Å². The molecule has 186 valence electrons. The highest BCUT2D eigenvalue weighted by atomic mass is 35.5. The number of carbonyl (C=O) groups excluding carboxylic acids is 1. The van der Waals surface area contributed by atoms with E-state index in [1.807, 2.05) is 6.92 Å². The van der Waals surface area contributed by atoms with Gasteiger partial charge in [-0.3, -0.25) is 4.79 Å². The van der Waals surface area contributed by atoms with Crippen LogP contribution in [0.4, 0.5) is 5.00 Å². The number of anilines is 1. The molecule has 4 N–H and O–H groups in total. The van der Waals surface area contributed by atoms with Crippen molar-refractivity contribution in [3.63, 3.8) is 0 Å². The molecule has 0 bridgehead atoms. The summed E-state index contributed by atoms with van der Waals surface area (Å²) in [5, 5.41) is 10.3. The average molecular weight is 515 g/mol. The minimum atomic E-state index is -0.449. The largest absolute Gasteiger partial charge is 0.476 e. The lowest BCUT2D eigenvalue weighted by Gasteiger charge is -2.24. The number of nitrogens with two attached hydrogens (primary N) is 2. The SMILES string of the molecule is CCCC(C(=O)[C@H]1CCCc2sc(N)c(C#N)c21)=C(N)c1nc(Cl)cc(OC[C@@H]2CCCN2C)n1. The molecule has 0 amide bonds. The molecule has 1 aliphatic heterocycles. The number of rotatable bonds is 8. The summed E-state index contributed by atoms with van der Waals surface area (Å²) < 4.78 is 5.94. The van der Waals surface area contributed by atoms with Crippen molar-refractivity contribution in [1.29, 1.82) is 5.26 Å². The zero-order chi connectivity index (χ0) is 25.1. The molecular formula is C25H31ClN6O2S. The van der Waals surface area contributed by atoms with E-state index in [4.69, 9.17) is 27.8 Å². The first-order valence-electron chi connectivity index (χ1n) is 12.1. The maximum atomic E-state index is 13.8. The third kappa shape index (κ3) is 5.30. The lowest BCUT2D eigenvalue weighted by atomic mass is 9.79. The molecule has 35 heavy (non-hydrogen) atoms. The van der Waals surface area contributed by atoms with Crippen LogP contribution >= 0.6 is 22.9 Å². The fraction of sp³-hybridized carbons (Fsp3) is 0.520. The number of carbonyl (C=O) groups is 1. The molecule has 0 radical (unpaired) electrons. The first kappa shape index (κ1) is 25.4. The Morgan fingerprint density at radius 3 is 2.86 bits per heavy atom. The summed E-state index contributed by atoms with van der Waals surface area (Å²) in [6.45, 7) is 3.53. The number of nitrogen functional groups attached to an aromatic ring is 1. The molecule has 2 aliphatic rings. The van der Waals surface area contributed by atoms with Gasteiger partial charge in [0.1, 0.15) is 22.8 Å². The number of aromatic nitrogens is 2. The van der Waals surface area contributed by atoms with E-state index in [1.165, 1.54) is 11.3 Å². The van der Waals surface area contributed by atoms with E-state index in [9.17, 15) is 10.1 Å². The maximum Gasteiger partial charge on any atom is 0.218 e. The van der Waals surface area contributed by atoms with Crippen molar-refractivity contribution < 1.29 is 9.53 Å². The van der Waals surface area contributed by atoms with Crippen molar-refractivity contribution in [2.24, 2.45) is 5.73 Å². The van der Waals surface area contributed by atoms with Gasteiger partial charge in [0.05, 0.1) is 11.3 Å². The van der Waals surface area contributed by atoms with E-state index in [2.05, 4.69) is 28.0 Å². The van der Waals surface area contributed by atoms with Crippen LogP contribution in [-0.4, -0.2) is 46.9 Å². The summed E-state index contributed by atoms with van der Waals surface area (Å²) in [5.41, 5.74) is 14.5. The molecule has 0 saturated carbocycles. The van der Waals surface area contributed by atoms with Crippen LogP contribution in [-0.2, 0) is 11.2 Å². The van der Waals surface area contributed by atoms with Crippen molar-refractivity contribution in [2.45, 2.75) is 63.8 Å². The summed E-state index contributed by atoms with van der Waals surface area (Å²) >= 11 is 7.69. The molecule has 1 saturated heterocycles. The molecule has 0 unspecified atom stereocenters. The van der Waals surface area contributed by atoms with Gasteiger partial charge in [0.15, 0.2) is 11.6 Å². The normalized spacial score (nSPS) is 20.7. The number of fused-ring (bicyclic) bond motifs is 1. The fourth-order valence-corrected chi connectivity index (χ4v) is 6.30. The number of allylic oxidation sites excluding steroid dienone is 1. The van der Waals surface area contributed by atoms with Crippen LogP contribution in [0, 0.1) is 11.3 Å². The van der Waals surface area contributed by atoms with Crippen LogP contribution in [0.25, 0.3) is 5.70 Å². The number of likely N-dealkylation sites (tertiary alicyclic amines) is 1. The Kier molecular flexibility index (Phi) is 7.95. The van der Waals surface area contributed by atoms with Crippen LogP contribution in [0.15, 0.2) is 11.6 Å². The van der Waals surface area contributed by atoms with E-state index in [1.54, 1.807) is 6.07 Å². The Bertz CT molecular complexity index is 1190. The summed E-state index contributed by atoms with van der Waals surface area (Å²) in [5.74, 6) is -0.0255. The Hall–Kier alpha value is -2.67. The number of aryl methyl sites for hydroxylation is 1. The molecule has 2 aromatic rings. The van der Waals surface area contributed by atoms with Gasteiger partial charge in [0.25, 0.3) is 0 Å². The smallest absolute Gasteiger partial charge is 0.218 e. The minimum Gasteiger partial charge on any atom is -0.476 e. The van der Waals surface area contributed by atoms with E-state index in [0.717, 1.165) is 49.1 Å². The number of hydrogen-bond acceptors (Lipinski definition) is 9. The van der Waals surface area contributed by atoms with Gasteiger partial charge in [-0.15, -0.1) is 11.3 Å². The van der Waals surface area contributed by atoms with Crippen LogP contribution in [0.2, 0.25) is 5.15 Å². The molecule has 1 aliphatic carbocycles. The van der Waals surface area contributed by atoms with Crippen LogP contribution in [0.1, 0.15) is 73.2 Å². The highest BCUT2D eigenvalue weighted by molar-refractivity contribution is 7.16. The standard InChI is InChI=1S/C25H31ClN6O2S/c1-3-6-16(23(33)15-8-4-9-18-21(15)17(12-27)24(29)35-18)22(28)25-30-19(26)11-20(31-25)34-13-14-7-5-10-32(14)2/h11,14-15H,3-10,13,28-29H2,1-2H3/t14-,15-/m0/s1. The number of ketones is 1. The Balaban J connectivity index is 1.66. The second kappa shape index (κ2) is 10.9. The number of hydrogen-bond donors (Lipinski definition) is 2. The van der Waals surface area contributed by atoms with Crippen molar-refractivity contribution in [2.75, 3.05) is 25.9 Å². The van der Waals surface area contributed by atoms with Crippen LogP contribution in [0.5, 0.6) is 5.88 Å². The van der Waals surface area contributed by atoms with Gasteiger partial charge in [-0.05, 0) is 57.7 Å². The Morgan fingerprint density at radius 1 is 1.37 bits per heavy atom. The molecule has 2 atom stereocenters. The third-order valence-corrected chi connectivity index (χ3v) is 8.14. The Labute approximate surface area is 214 Å². The Morgan fingerprint density at radius 2 is 2.17 bits per heavy atom. The first-order valence-corrected chi connectivity index (χ1v) is 13.2. The maximum absolute atomic E-state index is 13.8. The third-order valence-electron chi connectivity index (χ3n) is 6.85. The lowest BCUT2D eigenvalue weighted by molar-refractivity contribution is -0.117. The molecule has 0 aromatic carbocycles. The van der Waals surface area contributed by atoms with Gasteiger partial charge in [-0.25, -0.2) is 4.98 Å². The molecule has 2 aromatic heterocycles. The molecule has 0 spiro atoms. The predicted octanol–water partition coefficient (Wildman–Crippen LogP) is 4.28. The monoisotopic (exact) mass is 514 g/mol. The van der Waals surface area contributed by atoms with Crippen molar-refractivity contribution >= 4 is 39.4 Å². The van der Waals surface area contributed by atoms with E-state index in [-0.39, 0.29) is 22.5 Å². The molecule has 3 heterocycles. The minimum absolute atomic E-state index is 0.0989. The van der Waals surface area contributed by atoms with Gasteiger partial charge in [-0.1, -0.05) is 24.9 Å². The van der Waals surface area contributed by atoms with Gasteiger partial charge in [-0.2, -0.15) is 10.2 Å². The number of likely N-dealkylation sites (N-methyl/N-ethyl adjacent to an activating group) is 1. The molecule has 4 rings (SSSR count). The second-order valence-corrected chi connectivity index (χ2v) is 10.7. The highest BCUT2D eigenvalue weighted by Gasteiger charge is 2.34. The number of halogens is 1. The summed E-state index contributed by atoms with van der Waals surface area (Å²) in [6, 6.07) is 4.09. The first-order chi connectivity index (χ1) is 16.8. The lowest BCUT2D eigenvalue weighted by Crippen LogP contribution is -2.30. The van der Waals surface area contributed by atoms with Gasteiger partial charge in [0.2, 0.25) is 5.88 Å². The van der Waals surface area contributed by atoms with E-state index in [0.29, 0.717) is 47.5 Å². The number of ether oxygens (including phenoxy) is 1.